The zero-order valence-corrected chi connectivity index (χ0v) is 11.2. The van der Waals surface area contributed by atoms with Gasteiger partial charge in [-0.1, -0.05) is 0 Å². The van der Waals surface area contributed by atoms with E-state index in [0.29, 0.717) is 0 Å². The van der Waals surface area contributed by atoms with Gasteiger partial charge in [-0.3, -0.25) is 4.79 Å². The standard InChI is InChI=1S/C10H7BrF3N5O/c11-4-5(15)2-1-3(8(17)20)7(16)19-9(2)18-6(4)10(12,13)14/h1H,(H2,17,20)(H4,15,16,18,19). The largest absolute Gasteiger partial charge is 0.434 e. The lowest BCUT2D eigenvalue weighted by atomic mass is 10.1. The molecule has 0 atom stereocenters. The van der Waals surface area contributed by atoms with Crippen molar-refractivity contribution in [3.63, 3.8) is 0 Å². The molecule has 0 aliphatic carbocycles. The number of pyridine rings is 2. The summed E-state index contributed by atoms with van der Waals surface area (Å²) in [6, 6.07) is 1.16. The van der Waals surface area contributed by atoms with E-state index in [9.17, 15) is 18.0 Å². The average Bonchev–Trinajstić information content (AvgIpc) is 2.31. The maximum Gasteiger partial charge on any atom is 0.434 e. The van der Waals surface area contributed by atoms with Gasteiger partial charge in [0.15, 0.2) is 11.3 Å². The quantitative estimate of drug-likeness (QED) is 0.723. The number of anilines is 2. The van der Waals surface area contributed by atoms with Crippen LogP contribution in [0.3, 0.4) is 0 Å². The Balaban J connectivity index is 2.88. The number of carbonyl (C=O) groups excluding carboxylic acids is 1. The minimum atomic E-state index is -4.71. The van der Waals surface area contributed by atoms with Crippen LogP contribution in [0, 0.1) is 0 Å². The van der Waals surface area contributed by atoms with Crippen molar-refractivity contribution >= 4 is 44.4 Å². The molecule has 0 saturated heterocycles. The van der Waals surface area contributed by atoms with Crippen molar-refractivity contribution < 1.29 is 18.0 Å². The summed E-state index contributed by atoms with van der Waals surface area (Å²) >= 11 is 2.73. The van der Waals surface area contributed by atoms with Crippen LogP contribution in [0.4, 0.5) is 24.7 Å². The first-order valence-electron chi connectivity index (χ1n) is 5.05. The molecule has 6 nitrogen and oxygen atoms in total. The Bertz CT molecular complexity index is 731. The van der Waals surface area contributed by atoms with Gasteiger partial charge in [-0.2, -0.15) is 13.2 Å². The van der Waals surface area contributed by atoms with Crippen LogP contribution in [0.15, 0.2) is 10.5 Å². The van der Waals surface area contributed by atoms with Crippen LogP contribution in [0.1, 0.15) is 16.1 Å². The molecular formula is C10H7BrF3N5O. The number of fused-ring (bicyclic) bond motifs is 1. The Hall–Kier alpha value is -2.10. The number of rotatable bonds is 1. The first-order chi connectivity index (χ1) is 9.12. The summed E-state index contributed by atoms with van der Waals surface area (Å²) in [4.78, 5) is 18.1. The monoisotopic (exact) mass is 349 g/mol. The van der Waals surface area contributed by atoms with E-state index in [1.54, 1.807) is 0 Å². The van der Waals surface area contributed by atoms with Crippen LogP contribution in [0.5, 0.6) is 0 Å². The number of hydrogen-bond donors (Lipinski definition) is 3. The van der Waals surface area contributed by atoms with E-state index < -0.39 is 22.3 Å². The minimum Gasteiger partial charge on any atom is -0.397 e. The summed E-state index contributed by atoms with van der Waals surface area (Å²) in [5, 5.41) is 0.0490. The van der Waals surface area contributed by atoms with Gasteiger partial charge in [0.25, 0.3) is 5.91 Å². The van der Waals surface area contributed by atoms with Crippen molar-refractivity contribution in [3.05, 3.63) is 21.8 Å². The molecule has 2 aromatic rings. The Morgan fingerprint density at radius 2 is 1.85 bits per heavy atom. The molecule has 0 fully saturated rings. The number of nitrogens with zero attached hydrogens (tertiary/aromatic N) is 2. The molecule has 0 saturated carbocycles. The molecule has 0 unspecified atom stereocenters. The second-order valence-corrected chi connectivity index (χ2v) is 4.64. The van der Waals surface area contributed by atoms with E-state index in [0.717, 1.165) is 6.07 Å². The summed E-state index contributed by atoms with van der Waals surface area (Å²) < 4.78 is 37.9. The predicted octanol–water partition coefficient (Wildman–Crippen LogP) is 1.67. The minimum absolute atomic E-state index is 0.0490. The van der Waals surface area contributed by atoms with Gasteiger partial charge in [0.2, 0.25) is 0 Å². The number of primary amides is 1. The molecule has 20 heavy (non-hydrogen) atoms. The first kappa shape index (κ1) is 14.3. The van der Waals surface area contributed by atoms with E-state index in [1.165, 1.54) is 0 Å². The van der Waals surface area contributed by atoms with E-state index in [4.69, 9.17) is 17.2 Å². The Kier molecular flexibility index (Phi) is 3.20. The second kappa shape index (κ2) is 4.47. The normalized spacial score (nSPS) is 11.8. The van der Waals surface area contributed by atoms with E-state index in [1.807, 2.05) is 0 Å². The molecular weight excluding hydrogens is 343 g/mol. The van der Waals surface area contributed by atoms with Gasteiger partial charge in [-0.25, -0.2) is 9.97 Å². The molecule has 0 bridgehead atoms. The fraction of sp³-hybridized carbons (Fsp3) is 0.100. The van der Waals surface area contributed by atoms with Crippen LogP contribution < -0.4 is 17.2 Å². The SMILES string of the molecule is NC(=O)c1cc2c(N)c(Br)c(C(F)(F)F)nc2nc1N. The Morgan fingerprint density at radius 3 is 2.35 bits per heavy atom. The van der Waals surface area contributed by atoms with Crippen LogP contribution in [0.25, 0.3) is 11.0 Å². The van der Waals surface area contributed by atoms with E-state index >= 15 is 0 Å². The summed E-state index contributed by atoms with van der Waals surface area (Å²) in [6.07, 6.45) is -4.71. The van der Waals surface area contributed by atoms with Crippen molar-refractivity contribution in [2.45, 2.75) is 6.18 Å². The summed E-state index contributed by atoms with van der Waals surface area (Å²) in [7, 11) is 0. The van der Waals surface area contributed by atoms with Crippen molar-refractivity contribution in [1.29, 1.82) is 0 Å². The van der Waals surface area contributed by atoms with Crippen LogP contribution in [-0.2, 0) is 6.18 Å². The maximum absolute atomic E-state index is 12.8. The third-order valence-corrected chi connectivity index (χ3v) is 3.32. The molecule has 0 aliphatic rings. The molecule has 0 radical (unpaired) electrons. The molecule has 2 rings (SSSR count). The zero-order chi connectivity index (χ0) is 15.2. The van der Waals surface area contributed by atoms with Gasteiger partial charge >= 0.3 is 6.18 Å². The highest BCUT2D eigenvalue weighted by atomic mass is 79.9. The summed E-state index contributed by atoms with van der Waals surface area (Å²) in [5.74, 6) is -1.18. The molecule has 1 amide bonds. The number of nitrogen functional groups attached to an aromatic ring is 2. The molecule has 0 aromatic carbocycles. The third-order valence-electron chi connectivity index (χ3n) is 2.52. The van der Waals surface area contributed by atoms with Crippen LogP contribution in [-0.4, -0.2) is 15.9 Å². The number of amides is 1. The lowest BCUT2D eigenvalue weighted by Crippen LogP contribution is -2.16. The molecule has 2 heterocycles. The Labute approximate surface area is 118 Å². The number of alkyl halides is 3. The predicted molar refractivity (Wildman–Crippen MR) is 69.6 cm³/mol. The lowest BCUT2D eigenvalue weighted by molar-refractivity contribution is -0.141. The summed E-state index contributed by atoms with van der Waals surface area (Å²) in [5.41, 5.74) is 14.2. The van der Waals surface area contributed by atoms with Gasteiger partial charge in [0.05, 0.1) is 15.7 Å². The van der Waals surface area contributed by atoms with Gasteiger partial charge in [-0.15, -0.1) is 0 Å². The van der Waals surface area contributed by atoms with Crippen LogP contribution in [0.2, 0.25) is 0 Å². The smallest absolute Gasteiger partial charge is 0.397 e. The molecule has 106 valence electrons. The highest BCUT2D eigenvalue weighted by Crippen LogP contribution is 2.39. The number of carbonyl (C=O) groups is 1. The number of hydrogen-bond acceptors (Lipinski definition) is 5. The van der Waals surface area contributed by atoms with Gasteiger partial charge < -0.3 is 17.2 Å². The van der Waals surface area contributed by atoms with Gasteiger partial charge in [0, 0.05) is 5.39 Å². The van der Waals surface area contributed by atoms with Crippen LogP contribution >= 0.6 is 15.9 Å². The molecule has 6 N–H and O–H groups in total. The van der Waals surface area contributed by atoms with Crippen molar-refractivity contribution in [2.75, 3.05) is 11.5 Å². The lowest BCUT2D eigenvalue weighted by Gasteiger charge is -2.13. The Morgan fingerprint density at radius 1 is 1.25 bits per heavy atom. The highest BCUT2D eigenvalue weighted by molar-refractivity contribution is 9.10. The zero-order valence-electron chi connectivity index (χ0n) is 9.62. The first-order valence-corrected chi connectivity index (χ1v) is 5.84. The average molecular weight is 350 g/mol. The third kappa shape index (κ3) is 2.22. The number of nitrogens with two attached hydrogens (primary N) is 3. The molecule has 2 aromatic heterocycles. The highest BCUT2D eigenvalue weighted by Gasteiger charge is 2.37. The van der Waals surface area contributed by atoms with Crippen molar-refractivity contribution in [2.24, 2.45) is 5.73 Å². The van der Waals surface area contributed by atoms with E-state index in [-0.39, 0.29) is 28.1 Å². The molecule has 0 aliphatic heterocycles. The maximum atomic E-state index is 12.8. The molecule has 0 spiro atoms. The van der Waals surface area contributed by atoms with Crippen molar-refractivity contribution in [3.8, 4) is 0 Å². The molecule has 10 heteroatoms. The van der Waals surface area contributed by atoms with E-state index in [2.05, 4.69) is 25.9 Å². The van der Waals surface area contributed by atoms with Gasteiger partial charge in [-0.05, 0) is 22.0 Å². The van der Waals surface area contributed by atoms with Gasteiger partial charge in [0.1, 0.15) is 5.82 Å². The van der Waals surface area contributed by atoms with Crippen molar-refractivity contribution in [1.82, 2.24) is 9.97 Å². The fourth-order valence-electron chi connectivity index (χ4n) is 1.59. The second-order valence-electron chi connectivity index (χ2n) is 3.84. The topological polar surface area (TPSA) is 121 Å². The number of halogens is 4. The number of aromatic nitrogens is 2. The fourth-order valence-corrected chi connectivity index (χ4v) is 2.11. The summed E-state index contributed by atoms with van der Waals surface area (Å²) in [6.45, 7) is 0.